The minimum Gasteiger partial charge on any atom is -0.497 e. The van der Waals surface area contributed by atoms with Crippen molar-refractivity contribution in [2.75, 3.05) is 7.11 Å². The van der Waals surface area contributed by atoms with Gasteiger partial charge >= 0.3 is 5.97 Å². The van der Waals surface area contributed by atoms with Crippen LogP contribution in [0.2, 0.25) is 0 Å². The molecule has 5 rings (SSSR count). The molecule has 0 amide bonds. The second-order valence-corrected chi connectivity index (χ2v) is 8.01. The summed E-state index contributed by atoms with van der Waals surface area (Å²) in [7, 11) is 1.71. The lowest BCUT2D eigenvalue weighted by atomic mass is 9.56. The molecule has 0 radical (unpaired) electrons. The minimum atomic E-state index is -0.241. The molecule has 0 N–H and O–H groups in total. The molecule has 1 heterocycles. The monoisotopic (exact) mass is 324 g/mol. The van der Waals surface area contributed by atoms with Crippen LogP contribution in [-0.2, 0) is 16.0 Å². The smallest absolute Gasteiger partial charge is 0.310 e. The van der Waals surface area contributed by atoms with Gasteiger partial charge in [0, 0.05) is 24.2 Å². The molecule has 126 valence electrons. The number of ether oxygens (including phenoxy) is 2. The first-order valence-corrected chi connectivity index (χ1v) is 9.20. The molecule has 6 atom stereocenters. The van der Waals surface area contributed by atoms with Crippen LogP contribution in [0.3, 0.4) is 0 Å². The average molecular weight is 324 g/mol. The maximum atomic E-state index is 12.8. The summed E-state index contributed by atoms with van der Waals surface area (Å²) in [5, 5.41) is 0. The normalized spacial score (nSPS) is 41.9. The van der Waals surface area contributed by atoms with Crippen LogP contribution in [-0.4, -0.2) is 18.7 Å². The molecule has 1 aromatic carbocycles. The Hall–Kier alpha value is -1.77. The van der Waals surface area contributed by atoms with Gasteiger partial charge in [0.2, 0.25) is 0 Å². The molecule has 0 aromatic heterocycles. The summed E-state index contributed by atoms with van der Waals surface area (Å²) >= 11 is 0. The van der Waals surface area contributed by atoms with Crippen LogP contribution in [0.5, 0.6) is 5.75 Å². The van der Waals surface area contributed by atoms with Crippen LogP contribution in [0.15, 0.2) is 30.9 Å². The second kappa shape index (κ2) is 4.87. The van der Waals surface area contributed by atoms with Crippen molar-refractivity contribution in [3.63, 3.8) is 0 Å². The van der Waals surface area contributed by atoms with E-state index in [4.69, 9.17) is 9.47 Å². The number of hydrogen-bond acceptors (Lipinski definition) is 3. The lowest BCUT2D eigenvalue weighted by Gasteiger charge is -2.47. The van der Waals surface area contributed by atoms with Crippen LogP contribution in [0.25, 0.3) is 0 Å². The molecule has 1 aliphatic heterocycles. The molecule has 2 bridgehead atoms. The molecular formula is C21H24O3. The van der Waals surface area contributed by atoms with E-state index in [1.54, 1.807) is 7.11 Å². The Morgan fingerprint density at radius 1 is 1.33 bits per heavy atom. The number of rotatable bonds is 2. The molecule has 3 nitrogen and oxygen atoms in total. The molecule has 1 aromatic rings. The van der Waals surface area contributed by atoms with Crippen molar-refractivity contribution in [2.45, 2.75) is 43.6 Å². The Balaban J connectivity index is 1.61. The first-order chi connectivity index (χ1) is 11.7. The molecular weight excluding hydrogens is 300 g/mol. The quantitative estimate of drug-likeness (QED) is 0.612. The molecule has 24 heavy (non-hydrogen) atoms. The molecule has 3 fully saturated rings. The van der Waals surface area contributed by atoms with E-state index in [0.717, 1.165) is 31.4 Å². The van der Waals surface area contributed by atoms with Gasteiger partial charge in [0.25, 0.3) is 0 Å². The third-order valence-corrected chi connectivity index (χ3v) is 7.33. The predicted molar refractivity (Wildman–Crippen MR) is 90.9 cm³/mol. The number of carbonyl (C=O) groups is 1. The van der Waals surface area contributed by atoms with E-state index < -0.39 is 0 Å². The first-order valence-electron chi connectivity index (χ1n) is 9.20. The highest BCUT2D eigenvalue weighted by Crippen LogP contribution is 2.65. The van der Waals surface area contributed by atoms with Crippen molar-refractivity contribution < 1.29 is 14.3 Å². The van der Waals surface area contributed by atoms with Crippen LogP contribution < -0.4 is 4.74 Å². The molecule has 2 saturated carbocycles. The Bertz CT molecular complexity index is 724. The van der Waals surface area contributed by atoms with E-state index in [9.17, 15) is 4.79 Å². The Kier molecular flexibility index (Phi) is 2.96. The molecule has 1 saturated heterocycles. The van der Waals surface area contributed by atoms with Crippen LogP contribution >= 0.6 is 0 Å². The summed E-state index contributed by atoms with van der Waals surface area (Å²) in [6, 6.07) is 6.41. The number of hydrogen-bond donors (Lipinski definition) is 0. The lowest BCUT2D eigenvalue weighted by Crippen LogP contribution is -2.48. The summed E-state index contributed by atoms with van der Waals surface area (Å²) in [5.41, 5.74) is 2.49. The number of benzene rings is 1. The second-order valence-electron chi connectivity index (χ2n) is 8.01. The lowest BCUT2D eigenvalue weighted by molar-refractivity contribution is -0.154. The van der Waals surface area contributed by atoms with Crippen molar-refractivity contribution in [1.82, 2.24) is 0 Å². The van der Waals surface area contributed by atoms with E-state index >= 15 is 0 Å². The van der Waals surface area contributed by atoms with Gasteiger partial charge in [-0.1, -0.05) is 12.1 Å². The van der Waals surface area contributed by atoms with Gasteiger partial charge in [0.15, 0.2) is 0 Å². The summed E-state index contributed by atoms with van der Waals surface area (Å²) in [4.78, 5) is 12.8. The van der Waals surface area contributed by atoms with Gasteiger partial charge in [-0.05, 0) is 54.9 Å². The van der Waals surface area contributed by atoms with E-state index in [1.807, 2.05) is 12.1 Å². The van der Waals surface area contributed by atoms with Crippen LogP contribution in [0.4, 0.5) is 0 Å². The molecule has 0 unspecified atom stereocenters. The molecule has 3 aliphatic carbocycles. The SMILES string of the molecule is C=C[C@H]1CC[C@@H]2[C@H]3CCc4cc(OC)ccc4[C@@H]3[C@@H]3C[C@@]21OC3=O. The Morgan fingerprint density at radius 3 is 3.00 bits per heavy atom. The number of esters is 1. The molecule has 3 heteroatoms. The fraction of sp³-hybridized carbons (Fsp3) is 0.571. The highest BCUT2D eigenvalue weighted by molar-refractivity contribution is 5.78. The third-order valence-electron chi connectivity index (χ3n) is 7.33. The van der Waals surface area contributed by atoms with Gasteiger partial charge in [-0.15, -0.1) is 6.58 Å². The predicted octanol–water partition coefficient (Wildman–Crippen LogP) is 3.87. The average Bonchev–Trinajstić information content (AvgIpc) is 3.12. The first kappa shape index (κ1) is 14.6. The van der Waals surface area contributed by atoms with Crippen molar-refractivity contribution in [3.8, 4) is 5.75 Å². The zero-order chi connectivity index (χ0) is 16.5. The van der Waals surface area contributed by atoms with Gasteiger partial charge in [-0.3, -0.25) is 4.79 Å². The minimum absolute atomic E-state index is 0.0271. The van der Waals surface area contributed by atoms with Gasteiger partial charge in [-0.25, -0.2) is 0 Å². The maximum absolute atomic E-state index is 12.8. The number of aryl methyl sites for hydroxylation is 1. The standard InChI is InChI=1S/C21H24O3/c1-3-13-5-9-18-16-7-4-12-10-14(23-2)6-8-15(12)19(16)17-11-21(13,18)24-20(17)22/h3,6,8,10,13,16-19H,1,4-5,7,9,11H2,2H3/t13-,16+,17-,18+,19-,21-/m0/s1. The summed E-state index contributed by atoms with van der Waals surface area (Å²) in [5.74, 6) is 2.72. The van der Waals surface area contributed by atoms with Crippen molar-refractivity contribution in [3.05, 3.63) is 42.0 Å². The number of carbonyl (C=O) groups excluding carboxylic acids is 1. The van der Waals surface area contributed by atoms with Crippen LogP contribution in [0.1, 0.15) is 42.7 Å². The van der Waals surface area contributed by atoms with Crippen LogP contribution in [0, 0.1) is 23.7 Å². The zero-order valence-corrected chi connectivity index (χ0v) is 14.2. The topological polar surface area (TPSA) is 35.5 Å². The number of fused-ring (bicyclic) bond motifs is 6. The summed E-state index contributed by atoms with van der Waals surface area (Å²) in [6.07, 6.45) is 7.46. The number of methoxy groups -OCH3 is 1. The molecule has 4 aliphatic rings. The Morgan fingerprint density at radius 2 is 2.21 bits per heavy atom. The van der Waals surface area contributed by atoms with Gasteiger partial charge < -0.3 is 9.47 Å². The Labute approximate surface area is 143 Å². The fourth-order valence-corrected chi connectivity index (χ4v) is 6.43. The van der Waals surface area contributed by atoms with E-state index in [1.165, 1.54) is 17.5 Å². The zero-order valence-electron chi connectivity index (χ0n) is 14.2. The van der Waals surface area contributed by atoms with Crippen molar-refractivity contribution in [2.24, 2.45) is 23.7 Å². The highest BCUT2D eigenvalue weighted by atomic mass is 16.6. The fourth-order valence-electron chi connectivity index (χ4n) is 6.43. The van der Waals surface area contributed by atoms with Crippen molar-refractivity contribution >= 4 is 5.97 Å². The summed E-state index contributed by atoms with van der Waals surface area (Å²) in [6.45, 7) is 4.02. The highest BCUT2D eigenvalue weighted by Gasteiger charge is 2.67. The van der Waals surface area contributed by atoms with Gasteiger partial charge in [-0.2, -0.15) is 0 Å². The molecule has 1 spiro atoms. The maximum Gasteiger partial charge on any atom is 0.310 e. The van der Waals surface area contributed by atoms with Gasteiger partial charge in [0.05, 0.1) is 13.0 Å². The van der Waals surface area contributed by atoms with Gasteiger partial charge in [0.1, 0.15) is 11.4 Å². The third kappa shape index (κ3) is 1.66. The summed E-state index contributed by atoms with van der Waals surface area (Å²) < 4.78 is 11.5. The van der Waals surface area contributed by atoms with Crippen molar-refractivity contribution in [1.29, 1.82) is 0 Å². The largest absolute Gasteiger partial charge is 0.497 e. The van der Waals surface area contributed by atoms with E-state index in [-0.39, 0.29) is 17.5 Å². The van der Waals surface area contributed by atoms with E-state index in [0.29, 0.717) is 23.7 Å². The van der Waals surface area contributed by atoms with E-state index in [2.05, 4.69) is 18.7 Å².